The second kappa shape index (κ2) is 7.01. The van der Waals surface area contributed by atoms with E-state index in [4.69, 9.17) is 0 Å². The maximum Gasteiger partial charge on any atom is 0.147 e. The van der Waals surface area contributed by atoms with E-state index in [1.165, 1.54) is 11.8 Å². The third-order valence-electron chi connectivity index (χ3n) is 1.97. The van der Waals surface area contributed by atoms with Gasteiger partial charge in [-0.25, -0.2) is 8.42 Å². The van der Waals surface area contributed by atoms with Crippen molar-refractivity contribution >= 4 is 9.84 Å². The van der Waals surface area contributed by atoms with E-state index in [1.807, 2.05) is 7.05 Å². The quantitative estimate of drug-likeness (QED) is 0.519. The van der Waals surface area contributed by atoms with Gasteiger partial charge in [-0.2, -0.15) is 0 Å². The van der Waals surface area contributed by atoms with E-state index >= 15 is 0 Å². The number of rotatable bonds is 7. The molecule has 1 N–H and O–H groups in total. The lowest BCUT2D eigenvalue weighted by atomic mass is 10.1. The van der Waals surface area contributed by atoms with E-state index in [2.05, 4.69) is 18.3 Å². The van der Waals surface area contributed by atoms with Gasteiger partial charge in [-0.05, 0) is 39.8 Å². The minimum atomic E-state index is -2.78. The zero-order valence-corrected chi connectivity index (χ0v) is 10.2. The van der Waals surface area contributed by atoms with Crippen molar-refractivity contribution in [3.05, 3.63) is 11.6 Å². The first-order chi connectivity index (χ1) is 6.45. The van der Waals surface area contributed by atoms with E-state index in [9.17, 15) is 8.42 Å². The van der Waals surface area contributed by atoms with Crippen LogP contribution in [0.25, 0.3) is 0 Å². The van der Waals surface area contributed by atoms with Crippen LogP contribution in [-0.4, -0.2) is 34.0 Å². The molecular weight excluding hydrogens is 198 g/mol. The third kappa shape index (κ3) is 9.74. The van der Waals surface area contributed by atoms with Crippen LogP contribution >= 0.6 is 0 Å². The molecule has 0 aromatic heterocycles. The van der Waals surface area contributed by atoms with Gasteiger partial charge in [0, 0.05) is 6.26 Å². The second-order valence-electron chi connectivity index (χ2n) is 3.68. The third-order valence-corrected chi connectivity index (χ3v) is 3.00. The Morgan fingerprint density at radius 2 is 2.07 bits per heavy atom. The molecule has 84 valence electrons. The van der Waals surface area contributed by atoms with Crippen LogP contribution in [0.3, 0.4) is 0 Å². The first-order valence-electron chi connectivity index (χ1n) is 4.93. The van der Waals surface area contributed by atoms with E-state index in [1.54, 1.807) is 0 Å². The first-order valence-corrected chi connectivity index (χ1v) is 6.99. The van der Waals surface area contributed by atoms with E-state index < -0.39 is 9.84 Å². The topological polar surface area (TPSA) is 46.2 Å². The maximum absolute atomic E-state index is 10.8. The average molecular weight is 219 g/mol. The normalized spacial score (nSPS) is 13.2. The summed E-state index contributed by atoms with van der Waals surface area (Å²) < 4.78 is 21.7. The molecule has 0 aromatic rings. The largest absolute Gasteiger partial charge is 0.319 e. The van der Waals surface area contributed by atoms with Crippen LogP contribution in [0.1, 0.15) is 26.2 Å². The second-order valence-corrected chi connectivity index (χ2v) is 5.94. The summed E-state index contributed by atoms with van der Waals surface area (Å²) in [6, 6.07) is 0. The summed E-state index contributed by atoms with van der Waals surface area (Å²) in [6.07, 6.45) is 6.09. The first kappa shape index (κ1) is 13.7. The van der Waals surface area contributed by atoms with Crippen LogP contribution in [0.4, 0.5) is 0 Å². The van der Waals surface area contributed by atoms with E-state index in [0.717, 1.165) is 25.8 Å². The highest BCUT2D eigenvalue weighted by molar-refractivity contribution is 7.90. The van der Waals surface area contributed by atoms with Crippen molar-refractivity contribution in [2.75, 3.05) is 25.6 Å². The van der Waals surface area contributed by atoms with Crippen molar-refractivity contribution in [3.63, 3.8) is 0 Å². The molecule has 0 radical (unpaired) electrons. The van der Waals surface area contributed by atoms with Gasteiger partial charge in [0.15, 0.2) is 0 Å². The molecule has 0 aliphatic rings. The molecule has 0 heterocycles. The Labute approximate surface area is 87.5 Å². The van der Waals surface area contributed by atoms with Crippen molar-refractivity contribution in [1.29, 1.82) is 0 Å². The summed E-state index contributed by atoms with van der Waals surface area (Å²) >= 11 is 0. The highest BCUT2D eigenvalue weighted by Crippen LogP contribution is 2.06. The molecular formula is C10H21NO2S. The summed E-state index contributed by atoms with van der Waals surface area (Å²) in [5, 5.41) is 3.06. The average Bonchev–Trinajstić information content (AvgIpc) is 2.02. The monoisotopic (exact) mass is 219 g/mol. The van der Waals surface area contributed by atoms with Crippen LogP contribution in [0.5, 0.6) is 0 Å². The summed E-state index contributed by atoms with van der Waals surface area (Å²) in [5.41, 5.74) is 1.28. The highest BCUT2D eigenvalue weighted by Gasteiger charge is 2.01. The van der Waals surface area contributed by atoms with Gasteiger partial charge in [0.1, 0.15) is 9.84 Å². The minimum absolute atomic E-state index is 0.296. The fourth-order valence-electron chi connectivity index (χ4n) is 1.18. The van der Waals surface area contributed by atoms with Gasteiger partial charge < -0.3 is 5.32 Å². The molecule has 0 aliphatic carbocycles. The Kier molecular flexibility index (Phi) is 6.83. The highest BCUT2D eigenvalue weighted by atomic mass is 32.2. The fraction of sp³-hybridized carbons (Fsp3) is 0.800. The zero-order chi connectivity index (χ0) is 11.0. The fourth-order valence-corrected chi connectivity index (χ4v) is 1.85. The molecule has 0 bridgehead atoms. The SMILES string of the molecule is CNCCC=C(C)CCCS(C)(=O)=O. The lowest BCUT2D eigenvalue weighted by Crippen LogP contribution is -2.06. The number of hydrogen-bond acceptors (Lipinski definition) is 3. The molecule has 0 aliphatic heterocycles. The zero-order valence-electron chi connectivity index (χ0n) is 9.34. The Morgan fingerprint density at radius 3 is 2.57 bits per heavy atom. The Hall–Kier alpha value is -0.350. The molecule has 0 amide bonds. The standard InChI is InChI=1S/C10H21NO2S/c1-10(6-4-8-11-2)7-5-9-14(3,12)13/h6,11H,4-5,7-9H2,1-3H3. The van der Waals surface area contributed by atoms with Crippen LogP contribution in [0.2, 0.25) is 0 Å². The van der Waals surface area contributed by atoms with Crippen LogP contribution < -0.4 is 5.32 Å². The Balaban J connectivity index is 3.63. The Bertz CT molecular complexity index is 268. The van der Waals surface area contributed by atoms with Gasteiger partial charge in [0.25, 0.3) is 0 Å². The van der Waals surface area contributed by atoms with Crippen molar-refractivity contribution in [2.24, 2.45) is 0 Å². The van der Waals surface area contributed by atoms with Crippen molar-refractivity contribution in [1.82, 2.24) is 5.32 Å². The van der Waals surface area contributed by atoms with Gasteiger partial charge in [0.2, 0.25) is 0 Å². The number of allylic oxidation sites excluding steroid dienone is 1. The van der Waals surface area contributed by atoms with E-state index in [0.29, 0.717) is 5.75 Å². The molecule has 3 nitrogen and oxygen atoms in total. The molecule has 0 rings (SSSR count). The van der Waals surface area contributed by atoms with Crippen LogP contribution in [0, 0.1) is 0 Å². The summed E-state index contributed by atoms with van der Waals surface area (Å²) in [5.74, 6) is 0.296. The number of hydrogen-bond donors (Lipinski definition) is 1. The predicted octanol–water partition coefficient (Wildman–Crippen LogP) is 1.37. The molecule has 0 unspecified atom stereocenters. The summed E-state index contributed by atoms with van der Waals surface area (Å²) in [6.45, 7) is 3.03. The van der Waals surface area contributed by atoms with E-state index in [-0.39, 0.29) is 0 Å². The van der Waals surface area contributed by atoms with Crippen molar-refractivity contribution < 1.29 is 8.42 Å². The van der Waals surface area contributed by atoms with Crippen molar-refractivity contribution in [3.8, 4) is 0 Å². The molecule has 14 heavy (non-hydrogen) atoms. The van der Waals surface area contributed by atoms with Crippen LogP contribution in [0.15, 0.2) is 11.6 Å². The Morgan fingerprint density at radius 1 is 1.43 bits per heavy atom. The maximum atomic E-state index is 10.8. The minimum Gasteiger partial charge on any atom is -0.319 e. The van der Waals surface area contributed by atoms with Crippen LogP contribution in [-0.2, 0) is 9.84 Å². The lowest BCUT2D eigenvalue weighted by molar-refractivity contribution is 0.599. The smallest absolute Gasteiger partial charge is 0.147 e. The molecule has 0 fully saturated rings. The number of nitrogens with one attached hydrogen (secondary N) is 1. The molecule has 0 spiro atoms. The predicted molar refractivity (Wildman–Crippen MR) is 61.2 cm³/mol. The van der Waals surface area contributed by atoms with Crippen molar-refractivity contribution in [2.45, 2.75) is 26.2 Å². The van der Waals surface area contributed by atoms with Gasteiger partial charge in [-0.15, -0.1) is 0 Å². The number of sulfone groups is 1. The van der Waals surface area contributed by atoms with Gasteiger partial charge >= 0.3 is 0 Å². The molecule has 0 saturated carbocycles. The molecule has 0 aromatic carbocycles. The van der Waals surface area contributed by atoms with Gasteiger partial charge in [-0.3, -0.25) is 0 Å². The lowest BCUT2D eigenvalue weighted by Gasteiger charge is -2.01. The molecule has 4 heteroatoms. The summed E-state index contributed by atoms with van der Waals surface area (Å²) in [7, 11) is -0.861. The summed E-state index contributed by atoms with van der Waals surface area (Å²) in [4.78, 5) is 0. The van der Waals surface area contributed by atoms with Gasteiger partial charge in [-0.1, -0.05) is 11.6 Å². The molecule has 0 atom stereocenters. The van der Waals surface area contributed by atoms with Gasteiger partial charge in [0.05, 0.1) is 5.75 Å². The molecule has 0 saturated heterocycles.